The van der Waals surface area contributed by atoms with Gasteiger partial charge >= 0.3 is 5.97 Å². The highest BCUT2D eigenvalue weighted by atomic mass is 32.2. The molecular weight excluding hydrogens is 689 g/mol. The molecule has 5 rings (SSSR count). The summed E-state index contributed by atoms with van der Waals surface area (Å²) in [5.41, 5.74) is 1.80. The standard InChI is InChI=1S/C38H38N4O7S2/c1-4-31(36(45)41-37-33(38(46)49-5-2)28-19-18-23(3)20-32(28)51-37)50-27-16-11-15-26(22-27)39-35(44)29(40-34(43)24-12-7-6-8-13-24)21-25-14-9-10-17-30(25)42(47)48/h6-17,21-23,31H,4-5,18-20H2,1-3H3,(H,39,44)(H,40,43)(H,41,45)/b29-21+. The largest absolute Gasteiger partial charge is 0.462 e. The molecule has 3 aromatic carbocycles. The Balaban J connectivity index is 1.35. The predicted molar refractivity (Wildman–Crippen MR) is 200 cm³/mol. The van der Waals surface area contributed by atoms with Crippen molar-refractivity contribution < 1.29 is 28.8 Å². The number of thioether (sulfide) groups is 1. The minimum Gasteiger partial charge on any atom is -0.462 e. The minimum atomic E-state index is -0.702. The summed E-state index contributed by atoms with van der Waals surface area (Å²) >= 11 is 2.74. The Morgan fingerprint density at radius 2 is 1.76 bits per heavy atom. The molecule has 264 valence electrons. The number of ether oxygens (including phenoxy) is 1. The number of hydrogen-bond acceptors (Lipinski definition) is 9. The van der Waals surface area contributed by atoms with Crippen molar-refractivity contribution in [3.8, 4) is 0 Å². The number of carbonyl (C=O) groups excluding carboxylic acids is 4. The number of esters is 1. The number of rotatable bonds is 13. The van der Waals surface area contributed by atoms with Gasteiger partial charge in [0.05, 0.1) is 27.9 Å². The number of nitro benzene ring substituents is 1. The first-order valence-corrected chi connectivity index (χ1v) is 18.3. The molecule has 2 atom stereocenters. The lowest BCUT2D eigenvalue weighted by Crippen LogP contribution is -2.30. The van der Waals surface area contributed by atoms with E-state index in [0.717, 1.165) is 29.7 Å². The number of para-hydroxylation sites is 1. The topological polar surface area (TPSA) is 157 Å². The van der Waals surface area contributed by atoms with Crippen LogP contribution in [0.2, 0.25) is 0 Å². The maximum atomic E-state index is 13.6. The second kappa shape index (κ2) is 17.1. The minimum absolute atomic E-state index is 0.134. The summed E-state index contributed by atoms with van der Waals surface area (Å²) in [4.78, 5) is 66.2. The van der Waals surface area contributed by atoms with E-state index < -0.39 is 28.0 Å². The van der Waals surface area contributed by atoms with Crippen molar-refractivity contribution in [1.82, 2.24) is 5.32 Å². The highest BCUT2D eigenvalue weighted by Gasteiger charge is 2.30. The van der Waals surface area contributed by atoms with Crippen molar-refractivity contribution in [3.63, 3.8) is 0 Å². The van der Waals surface area contributed by atoms with Gasteiger partial charge in [-0.2, -0.15) is 0 Å². The van der Waals surface area contributed by atoms with E-state index >= 15 is 0 Å². The fourth-order valence-electron chi connectivity index (χ4n) is 5.66. The van der Waals surface area contributed by atoms with E-state index in [1.807, 2.05) is 13.0 Å². The van der Waals surface area contributed by atoms with Crippen molar-refractivity contribution in [2.45, 2.75) is 56.6 Å². The van der Waals surface area contributed by atoms with Gasteiger partial charge in [0.25, 0.3) is 17.5 Å². The number of fused-ring (bicyclic) bond motifs is 1. The molecular formula is C38H38N4O7S2. The van der Waals surface area contributed by atoms with Gasteiger partial charge in [0, 0.05) is 27.1 Å². The van der Waals surface area contributed by atoms with E-state index in [0.29, 0.717) is 39.0 Å². The molecule has 0 bridgehead atoms. The summed E-state index contributed by atoms with van der Waals surface area (Å²) in [5, 5.41) is 20.1. The fourth-order valence-corrected chi connectivity index (χ4v) is 8.07. The molecule has 0 saturated carbocycles. The van der Waals surface area contributed by atoms with E-state index in [1.165, 1.54) is 47.4 Å². The van der Waals surface area contributed by atoms with E-state index in [2.05, 4.69) is 22.9 Å². The van der Waals surface area contributed by atoms with Gasteiger partial charge < -0.3 is 20.7 Å². The molecule has 0 saturated heterocycles. The smallest absolute Gasteiger partial charge is 0.341 e. The van der Waals surface area contributed by atoms with E-state index in [-0.39, 0.29) is 29.5 Å². The van der Waals surface area contributed by atoms with Crippen LogP contribution >= 0.6 is 23.1 Å². The number of nitrogens with zero attached hydrogens (tertiary/aromatic N) is 1. The Morgan fingerprint density at radius 3 is 2.49 bits per heavy atom. The van der Waals surface area contributed by atoms with Gasteiger partial charge in [-0.1, -0.05) is 50.2 Å². The number of anilines is 2. The molecule has 11 nitrogen and oxygen atoms in total. The highest BCUT2D eigenvalue weighted by Crippen LogP contribution is 2.41. The van der Waals surface area contributed by atoms with Gasteiger partial charge in [0.15, 0.2) is 0 Å². The lowest BCUT2D eigenvalue weighted by atomic mass is 9.88. The quantitative estimate of drug-likeness (QED) is 0.0413. The van der Waals surface area contributed by atoms with Crippen LogP contribution in [0.5, 0.6) is 0 Å². The van der Waals surface area contributed by atoms with Crippen LogP contribution in [-0.4, -0.2) is 40.5 Å². The van der Waals surface area contributed by atoms with Gasteiger partial charge in [-0.15, -0.1) is 23.1 Å². The van der Waals surface area contributed by atoms with Gasteiger partial charge in [0.1, 0.15) is 10.7 Å². The molecule has 1 aromatic heterocycles. The first kappa shape index (κ1) is 37.0. The van der Waals surface area contributed by atoms with Crippen LogP contribution in [0.25, 0.3) is 6.08 Å². The number of amides is 3. The second-order valence-corrected chi connectivity index (χ2v) is 14.3. The van der Waals surface area contributed by atoms with Crippen molar-refractivity contribution in [2.24, 2.45) is 5.92 Å². The predicted octanol–water partition coefficient (Wildman–Crippen LogP) is 7.88. The molecule has 1 aliphatic rings. The zero-order chi connectivity index (χ0) is 36.5. The molecule has 3 N–H and O–H groups in total. The second-order valence-electron chi connectivity index (χ2n) is 12.0. The molecule has 1 heterocycles. The number of carbonyl (C=O) groups is 4. The molecule has 1 aliphatic carbocycles. The lowest BCUT2D eigenvalue weighted by molar-refractivity contribution is -0.385. The Hall–Kier alpha value is -5.27. The third-order valence-electron chi connectivity index (χ3n) is 8.22. The van der Waals surface area contributed by atoms with Crippen LogP contribution in [-0.2, 0) is 27.2 Å². The van der Waals surface area contributed by atoms with Crippen LogP contribution in [0.1, 0.15) is 70.3 Å². The SMILES string of the molecule is CCOC(=O)c1c(NC(=O)C(CC)Sc2cccc(NC(=O)/C(=C\c3ccccc3[N+](=O)[O-])NC(=O)c3ccccc3)c2)sc2c1CCC(C)C2. The molecule has 3 amide bonds. The third kappa shape index (κ3) is 9.30. The van der Waals surface area contributed by atoms with Crippen LogP contribution in [0.4, 0.5) is 16.4 Å². The van der Waals surface area contributed by atoms with Crippen molar-refractivity contribution in [2.75, 3.05) is 17.2 Å². The summed E-state index contributed by atoms with van der Waals surface area (Å²) in [6.07, 6.45) is 4.32. The van der Waals surface area contributed by atoms with Crippen LogP contribution in [0, 0.1) is 16.0 Å². The zero-order valence-electron chi connectivity index (χ0n) is 28.4. The summed E-state index contributed by atoms with van der Waals surface area (Å²) in [6.45, 7) is 6.06. The molecule has 0 spiro atoms. The molecule has 51 heavy (non-hydrogen) atoms. The van der Waals surface area contributed by atoms with Crippen molar-refractivity contribution >= 4 is 69.2 Å². The van der Waals surface area contributed by atoms with Gasteiger partial charge in [-0.3, -0.25) is 24.5 Å². The van der Waals surface area contributed by atoms with E-state index in [1.54, 1.807) is 61.5 Å². The molecule has 0 aliphatic heterocycles. The molecule has 0 radical (unpaired) electrons. The number of thiophene rings is 1. The summed E-state index contributed by atoms with van der Waals surface area (Å²) in [6, 6.07) is 21.1. The van der Waals surface area contributed by atoms with Crippen LogP contribution in [0.3, 0.4) is 0 Å². The van der Waals surface area contributed by atoms with E-state index in [9.17, 15) is 29.3 Å². The monoisotopic (exact) mass is 726 g/mol. The van der Waals surface area contributed by atoms with E-state index in [4.69, 9.17) is 4.74 Å². The fraction of sp³-hybridized carbons (Fsp3) is 0.263. The first-order valence-electron chi connectivity index (χ1n) is 16.6. The number of hydrogen-bond donors (Lipinski definition) is 3. The molecule has 0 fully saturated rings. The average molecular weight is 727 g/mol. The van der Waals surface area contributed by atoms with Gasteiger partial charge in [-0.25, -0.2) is 4.79 Å². The third-order valence-corrected chi connectivity index (χ3v) is 10.8. The Labute approximate surface area is 304 Å². The normalized spacial score (nSPS) is 14.5. The molecule has 2 unspecified atom stereocenters. The summed E-state index contributed by atoms with van der Waals surface area (Å²) < 4.78 is 5.36. The number of nitrogens with one attached hydrogen (secondary N) is 3. The molecule has 13 heteroatoms. The Morgan fingerprint density at radius 1 is 1.02 bits per heavy atom. The Bertz CT molecular complexity index is 1980. The van der Waals surface area contributed by atoms with Crippen molar-refractivity contribution in [1.29, 1.82) is 0 Å². The van der Waals surface area contributed by atoms with Crippen LogP contribution in [0.15, 0.2) is 89.5 Å². The van der Waals surface area contributed by atoms with Gasteiger partial charge in [-0.05, 0) is 86.6 Å². The maximum absolute atomic E-state index is 13.6. The maximum Gasteiger partial charge on any atom is 0.341 e. The lowest BCUT2D eigenvalue weighted by Gasteiger charge is -2.18. The zero-order valence-corrected chi connectivity index (χ0v) is 30.0. The number of nitro groups is 1. The first-order chi connectivity index (χ1) is 24.6. The Kier molecular flexibility index (Phi) is 12.4. The highest BCUT2D eigenvalue weighted by molar-refractivity contribution is 8.00. The average Bonchev–Trinajstić information content (AvgIpc) is 3.47. The molecule has 4 aromatic rings. The van der Waals surface area contributed by atoms with Crippen LogP contribution < -0.4 is 16.0 Å². The summed E-state index contributed by atoms with van der Waals surface area (Å²) in [5.74, 6) is -1.47. The van der Waals surface area contributed by atoms with Crippen molar-refractivity contribution in [3.05, 3.63) is 122 Å². The summed E-state index contributed by atoms with van der Waals surface area (Å²) in [7, 11) is 0. The van der Waals surface area contributed by atoms with Gasteiger partial charge in [0.2, 0.25) is 5.91 Å². The number of benzene rings is 3.